The third kappa shape index (κ3) is 1210. The molecule has 8 heavy (non-hydrogen) atoms. The first-order valence-electron chi connectivity index (χ1n) is 0.400. The monoisotopic (exact) mass is 136 g/mol. The van der Waals surface area contributed by atoms with Gasteiger partial charge in [-0.3, -0.25) is 21.0 Å². The van der Waals surface area contributed by atoms with Crippen molar-refractivity contribution in [2.45, 2.75) is 0 Å². The molecule has 0 aromatic heterocycles. The molecule has 0 unspecified atom stereocenters. The predicted molar refractivity (Wildman–Crippen MR) is 30.6 cm³/mol. The zero-order valence-electron chi connectivity index (χ0n) is 4.62. The van der Waals surface area contributed by atoms with Crippen molar-refractivity contribution in [2.75, 3.05) is 0 Å². The van der Waals surface area contributed by atoms with Gasteiger partial charge in [-0.15, -0.1) is 0 Å². The first-order chi connectivity index (χ1) is 2.00. The summed E-state index contributed by atoms with van der Waals surface area (Å²) in [4.78, 5) is 0. The summed E-state index contributed by atoms with van der Waals surface area (Å²) in [5, 5.41) is 24.0. The molecule has 0 rings (SSSR count). The van der Waals surface area contributed by atoms with Gasteiger partial charge in [-0.25, -0.2) is 0 Å². The third-order valence-corrected chi connectivity index (χ3v) is 0. The van der Waals surface area contributed by atoms with E-state index >= 15 is 0 Å². The Balaban J connectivity index is -0.00000000167. The Morgan fingerprint density at radius 1 is 0.375 bits per heavy atom. The molecule has 0 atom stereocenters. The summed E-state index contributed by atoms with van der Waals surface area (Å²) >= 11 is 0. The SMILES string of the molecule is N.N.N.N.OO.OO. The van der Waals surface area contributed by atoms with E-state index in [-0.39, 0.29) is 24.6 Å². The van der Waals surface area contributed by atoms with Crippen molar-refractivity contribution in [1.29, 1.82) is 0 Å². The Morgan fingerprint density at radius 3 is 0.375 bits per heavy atom. The smallest absolute Gasteiger partial charge is 0.255 e. The van der Waals surface area contributed by atoms with E-state index in [1.807, 2.05) is 0 Å². The fourth-order valence-corrected chi connectivity index (χ4v) is 0. The van der Waals surface area contributed by atoms with E-state index in [0.29, 0.717) is 0 Å². The topological polar surface area (TPSA) is 221 Å². The minimum atomic E-state index is 0. The van der Waals surface area contributed by atoms with Crippen molar-refractivity contribution < 1.29 is 21.0 Å². The van der Waals surface area contributed by atoms with E-state index < -0.39 is 0 Å². The maximum atomic E-state index is 6.00. The Kier molecular flexibility index (Phi) is 31900. The minimum absolute atomic E-state index is 0. The van der Waals surface area contributed by atoms with Gasteiger partial charge in [0.05, 0.1) is 0 Å². The molecule has 0 bridgehead atoms. The lowest BCUT2D eigenvalue weighted by Crippen LogP contribution is -1.29. The van der Waals surface area contributed by atoms with Crippen LogP contribution in [0.25, 0.3) is 0 Å². The summed E-state index contributed by atoms with van der Waals surface area (Å²) in [5.41, 5.74) is 0. The van der Waals surface area contributed by atoms with Gasteiger partial charge in [0.15, 0.2) is 0 Å². The van der Waals surface area contributed by atoms with Crippen LogP contribution in [0.3, 0.4) is 0 Å². The highest BCUT2D eigenvalue weighted by Gasteiger charge is 0.747. The van der Waals surface area contributed by atoms with Crippen molar-refractivity contribution in [3.63, 3.8) is 0 Å². The fourth-order valence-electron chi connectivity index (χ4n) is 0. The van der Waals surface area contributed by atoms with E-state index in [4.69, 9.17) is 21.0 Å². The van der Waals surface area contributed by atoms with Crippen LogP contribution in [0.4, 0.5) is 0 Å². The number of rotatable bonds is 0. The van der Waals surface area contributed by atoms with Crippen molar-refractivity contribution in [1.82, 2.24) is 24.6 Å². The van der Waals surface area contributed by atoms with Gasteiger partial charge in [0.25, 0.3) is 0 Å². The lowest BCUT2D eigenvalue weighted by molar-refractivity contribution is -0.176. The van der Waals surface area contributed by atoms with Gasteiger partial charge in [-0.1, -0.05) is 0 Å². The summed E-state index contributed by atoms with van der Waals surface area (Å²) in [5.74, 6) is 0. The molecule has 0 saturated heterocycles. The van der Waals surface area contributed by atoms with Crippen molar-refractivity contribution in [2.24, 2.45) is 0 Å². The molecule has 8 heteroatoms. The average molecular weight is 136 g/mol. The molecule has 8 nitrogen and oxygen atoms in total. The highest BCUT2D eigenvalue weighted by Crippen LogP contribution is 0.713. The molecule has 60 valence electrons. The molecule has 0 spiro atoms. The van der Waals surface area contributed by atoms with Gasteiger partial charge < -0.3 is 24.6 Å². The molecule has 0 fully saturated rings. The molecular weight excluding hydrogens is 120 g/mol. The van der Waals surface area contributed by atoms with Crippen LogP contribution in [0.5, 0.6) is 0 Å². The van der Waals surface area contributed by atoms with Crippen LogP contribution in [-0.2, 0) is 0 Å². The van der Waals surface area contributed by atoms with Crippen molar-refractivity contribution in [3.05, 3.63) is 0 Å². The molecule has 0 aromatic rings. The highest BCUT2D eigenvalue weighted by molar-refractivity contribution is 2.14. The third-order valence-electron chi connectivity index (χ3n) is 0. The quantitative estimate of drug-likeness (QED) is 0.174. The van der Waals surface area contributed by atoms with Gasteiger partial charge in [0.2, 0.25) is 0 Å². The molecule has 0 heterocycles. The summed E-state index contributed by atoms with van der Waals surface area (Å²) in [6.45, 7) is 0. The zero-order valence-corrected chi connectivity index (χ0v) is 4.62. The predicted octanol–water partition coefficient (Wildman–Crippen LogP) is 0.683. The molecule has 0 saturated carbocycles. The zero-order chi connectivity index (χ0) is 4.00. The Bertz CT molecular complexity index is 8.00. The van der Waals surface area contributed by atoms with Crippen LogP contribution in [-0.4, -0.2) is 21.0 Å². The van der Waals surface area contributed by atoms with Crippen LogP contribution in [0.15, 0.2) is 0 Å². The molecule has 0 aromatic carbocycles. The van der Waals surface area contributed by atoms with Crippen LogP contribution in [0.2, 0.25) is 0 Å². The lowest BCUT2D eigenvalue weighted by Gasteiger charge is -1.25. The van der Waals surface area contributed by atoms with Gasteiger partial charge >= 0.3 is 0 Å². The lowest BCUT2D eigenvalue weighted by atomic mass is 14.0. The Hall–Kier alpha value is -0.320. The largest absolute Gasteiger partial charge is 0.344 e. The van der Waals surface area contributed by atoms with E-state index in [0.717, 1.165) is 0 Å². The fraction of sp³-hybridized carbons (Fsp3) is 0. The molecule has 0 aliphatic heterocycles. The second-order valence-electron chi connectivity index (χ2n) is 0. The molecule has 16 N–H and O–H groups in total. The first-order valence-corrected chi connectivity index (χ1v) is 0.400. The van der Waals surface area contributed by atoms with Crippen molar-refractivity contribution >= 4 is 0 Å². The maximum absolute atomic E-state index is 6.00. The average Bonchev–Trinajstić information content (AvgIpc) is 1.50. The summed E-state index contributed by atoms with van der Waals surface area (Å²) in [7, 11) is 0. The second-order valence-corrected chi connectivity index (χ2v) is 0. The molecule has 0 aliphatic rings. The molecular formula is H16N4O4. The van der Waals surface area contributed by atoms with Crippen LogP contribution in [0, 0.1) is 0 Å². The van der Waals surface area contributed by atoms with Crippen LogP contribution < -0.4 is 24.6 Å². The summed E-state index contributed by atoms with van der Waals surface area (Å²) < 4.78 is 0. The number of hydrogen-bond acceptors (Lipinski definition) is 8. The van der Waals surface area contributed by atoms with E-state index in [1.165, 1.54) is 0 Å². The van der Waals surface area contributed by atoms with Gasteiger partial charge in [0.1, 0.15) is 0 Å². The minimum Gasteiger partial charge on any atom is -0.344 e. The maximum Gasteiger partial charge on any atom is -0.255 e. The van der Waals surface area contributed by atoms with Gasteiger partial charge in [-0.2, -0.15) is 0 Å². The van der Waals surface area contributed by atoms with Crippen LogP contribution in [0.1, 0.15) is 0 Å². The summed E-state index contributed by atoms with van der Waals surface area (Å²) in [6, 6.07) is 0. The molecule has 0 amide bonds. The van der Waals surface area contributed by atoms with Gasteiger partial charge in [0, 0.05) is 0 Å². The standard InChI is InChI=1S/4H3N.2H2O2/c;;;;2*1-2/h4*1H3;2*1-2H. The summed E-state index contributed by atoms with van der Waals surface area (Å²) in [6.07, 6.45) is 0. The normalized spacial score (nSPS) is 1.50. The van der Waals surface area contributed by atoms with E-state index in [2.05, 4.69) is 0 Å². The van der Waals surface area contributed by atoms with E-state index in [1.54, 1.807) is 0 Å². The van der Waals surface area contributed by atoms with Crippen molar-refractivity contribution in [3.8, 4) is 0 Å². The Labute approximate surface area is 47.0 Å². The highest BCUT2D eigenvalue weighted by atomic mass is 17.0. The first kappa shape index (κ1) is 121. The van der Waals surface area contributed by atoms with Gasteiger partial charge in [-0.05, 0) is 0 Å². The van der Waals surface area contributed by atoms with Crippen LogP contribution >= 0.6 is 0 Å². The molecule has 0 radical (unpaired) electrons. The molecule has 0 aliphatic carbocycles. The second kappa shape index (κ2) is 2100. The Morgan fingerprint density at radius 2 is 0.375 bits per heavy atom. The van der Waals surface area contributed by atoms with E-state index in [9.17, 15) is 0 Å². The number of hydrogen-bond donors (Lipinski definition) is 8.